The molecule has 0 heterocycles. The first-order valence-electron chi connectivity index (χ1n) is 1.80. The summed E-state index contributed by atoms with van der Waals surface area (Å²) < 4.78 is 73.8. The van der Waals surface area contributed by atoms with Crippen molar-refractivity contribution in [2.24, 2.45) is 0 Å². The summed E-state index contributed by atoms with van der Waals surface area (Å²) in [5.74, 6) is 0. The van der Waals surface area contributed by atoms with E-state index in [0.717, 1.165) is 0 Å². The summed E-state index contributed by atoms with van der Waals surface area (Å²) >= 11 is 0. The highest BCUT2D eigenvalue weighted by Crippen LogP contribution is 2.27. The van der Waals surface area contributed by atoms with E-state index < -0.39 is 21.9 Å². The van der Waals surface area contributed by atoms with Crippen LogP contribution in [-0.2, 0) is 10.2 Å². The Morgan fingerprint density at radius 2 is 1.50 bits per heavy atom. The zero-order valence-electron chi connectivity index (χ0n) is 4.19. The third-order valence-corrected chi connectivity index (χ3v) is 1.27. The minimum absolute atomic E-state index is 4.43. The van der Waals surface area contributed by atoms with Crippen molar-refractivity contribution in [3.05, 3.63) is 0 Å². The lowest BCUT2D eigenvalue weighted by Gasteiger charge is -2.06. The number of hydrogen-bond acceptors (Lipinski definition) is 2. The number of halogens is 5. The van der Waals surface area contributed by atoms with E-state index in [1.165, 1.54) is 0 Å². The molecule has 1 atom stereocenters. The monoisotopic (exact) mass is 184 g/mol. The van der Waals surface area contributed by atoms with E-state index >= 15 is 0 Å². The van der Waals surface area contributed by atoms with Crippen LogP contribution in [-0.4, -0.2) is 20.1 Å². The first-order valence-corrected chi connectivity index (χ1v) is 3.24. The topological polar surface area (TPSA) is 34.1 Å². The van der Waals surface area contributed by atoms with Gasteiger partial charge in [0.25, 0.3) is 0 Å². The fourth-order valence-corrected chi connectivity index (χ4v) is 0.479. The number of hydrogen-bond donors (Lipinski definition) is 0. The molecule has 0 aliphatic heterocycles. The van der Waals surface area contributed by atoms with Crippen LogP contribution in [0.2, 0.25) is 0 Å². The van der Waals surface area contributed by atoms with E-state index in [0.29, 0.717) is 0 Å². The molecule has 0 fully saturated rings. The van der Waals surface area contributed by atoms with E-state index in [1.54, 1.807) is 0 Å². The largest absolute Gasteiger partial charge is 0.437 e. The van der Waals surface area contributed by atoms with Gasteiger partial charge < -0.3 is 0 Å². The molecular weight excluding hydrogens is 183 g/mol. The Bertz CT molecular complexity index is 202. The summed E-state index contributed by atoms with van der Waals surface area (Å²) in [5.41, 5.74) is -4.43. The molecule has 0 saturated carbocycles. The summed E-state index contributed by atoms with van der Waals surface area (Å²) in [4.78, 5) is 0. The van der Waals surface area contributed by atoms with Gasteiger partial charge in [-0.3, -0.25) is 0 Å². The van der Waals surface area contributed by atoms with Crippen molar-refractivity contribution in [1.29, 1.82) is 0 Å². The van der Waals surface area contributed by atoms with Crippen molar-refractivity contribution in [1.82, 2.24) is 0 Å². The van der Waals surface area contributed by atoms with Gasteiger partial charge in [-0.25, -0.2) is 4.39 Å². The van der Waals surface area contributed by atoms with Crippen molar-refractivity contribution in [2.45, 2.75) is 11.7 Å². The molecule has 0 saturated heterocycles. The quantitative estimate of drug-likeness (QED) is 0.452. The summed E-state index contributed by atoms with van der Waals surface area (Å²) in [6.07, 6.45) is -5.69. The van der Waals surface area contributed by atoms with E-state index in [2.05, 4.69) is 0 Å². The van der Waals surface area contributed by atoms with E-state index in [1.807, 2.05) is 0 Å². The van der Waals surface area contributed by atoms with Crippen LogP contribution in [0.5, 0.6) is 0 Å². The molecule has 2 nitrogen and oxygen atoms in total. The average Bonchev–Trinajstić information content (AvgIpc) is 1.59. The second-order valence-corrected chi connectivity index (χ2v) is 2.70. The maximum absolute atomic E-state index is 11.3. The molecule has 8 heteroatoms. The van der Waals surface area contributed by atoms with Gasteiger partial charge in [0.15, 0.2) is 0 Å². The fourth-order valence-electron chi connectivity index (χ4n) is 0.160. The smallest absolute Gasteiger partial charge is 0.217 e. The van der Waals surface area contributed by atoms with E-state index in [9.17, 15) is 29.9 Å². The van der Waals surface area contributed by atoms with Gasteiger partial charge in [0.1, 0.15) is 0 Å². The van der Waals surface area contributed by atoms with Gasteiger partial charge in [0, 0.05) is 0 Å². The van der Waals surface area contributed by atoms with Crippen molar-refractivity contribution in [3.63, 3.8) is 0 Å². The van der Waals surface area contributed by atoms with Gasteiger partial charge in [-0.1, -0.05) is 0 Å². The summed E-state index contributed by atoms with van der Waals surface area (Å²) in [6.45, 7) is 0. The summed E-state index contributed by atoms with van der Waals surface area (Å²) in [7, 11) is -6.15. The molecule has 0 amide bonds. The standard InChI is InChI=1S/C2HF5O2S/c3-1(2(4,5)6)10(7,8)9/h1H/t1-/m1/s1. The SMILES string of the molecule is O=S(=O)(F)[C@@H](F)C(F)(F)F. The number of rotatable bonds is 1. The van der Waals surface area contributed by atoms with Gasteiger partial charge in [-0.15, -0.1) is 3.89 Å². The van der Waals surface area contributed by atoms with Crippen molar-refractivity contribution in [2.75, 3.05) is 0 Å². The van der Waals surface area contributed by atoms with Crippen LogP contribution >= 0.6 is 0 Å². The minimum Gasteiger partial charge on any atom is -0.217 e. The van der Waals surface area contributed by atoms with Crippen LogP contribution in [0.25, 0.3) is 0 Å². The van der Waals surface area contributed by atoms with Gasteiger partial charge in [0.2, 0.25) is 0 Å². The molecule has 0 aromatic heterocycles. The van der Waals surface area contributed by atoms with Crippen molar-refractivity contribution in [3.8, 4) is 0 Å². The van der Waals surface area contributed by atoms with Gasteiger partial charge in [0.05, 0.1) is 0 Å². The van der Waals surface area contributed by atoms with E-state index in [4.69, 9.17) is 0 Å². The maximum Gasteiger partial charge on any atom is 0.437 e. The predicted octanol–water partition coefficient (Wildman–Crippen LogP) is 1.14. The predicted molar refractivity (Wildman–Crippen MR) is 21.0 cm³/mol. The van der Waals surface area contributed by atoms with E-state index in [-0.39, 0.29) is 0 Å². The van der Waals surface area contributed by atoms with Gasteiger partial charge in [-0.2, -0.15) is 21.6 Å². The zero-order chi connectivity index (χ0) is 8.58. The Hall–Kier alpha value is -0.400. The van der Waals surface area contributed by atoms with Crippen molar-refractivity contribution >= 4 is 10.2 Å². The van der Waals surface area contributed by atoms with Crippen LogP contribution in [0.4, 0.5) is 21.4 Å². The third-order valence-electron chi connectivity index (χ3n) is 0.505. The zero-order valence-corrected chi connectivity index (χ0v) is 5.01. The summed E-state index contributed by atoms with van der Waals surface area (Å²) in [6, 6.07) is 0. The van der Waals surface area contributed by atoms with Crippen molar-refractivity contribution < 1.29 is 29.9 Å². The Kier molecular flexibility index (Phi) is 2.24. The second-order valence-electron chi connectivity index (χ2n) is 1.33. The maximum atomic E-state index is 11.3. The Morgan fingerprint density at radius 3 is 1.50 bits per heavy atom. The molecule has 0 aliphatic carbocycles. The molecular formula is C2HF5O2S. The molecule has 0 spiro atoms. The molecule has 0 rings (SSSR count). The molecule has 0 bridgehead atoms. The molecule has 0 N–H and O–H groups in total. The molecule has 0 aliphatic rings. The van der Waals surface area contributed by atoms with Crippen LogP contribution in [0.1, 0.15) is 0 Å². The van der Waals surface area contributed by atoms with Crippen LogP contribution in [0.3, 0.4) is 0 Å². The van der Waals surface area contributed by atoms with Crippen LogP contribution < -0.4 is 0 Å². The normalized spacial score (nSPS) is 16.9. The Morgan fingerprint density at radius 1 is 1.20 bits per heavy atom. The number of alkyl halides is 4. The van der Waals surface area contributed by atoms with Gasteiger partial charge >= 0.3 is 21.9 Å². The molecule has 0 aromatic rings. The van der Waals surface area contributed by atoms with Gasteiger partial charge in [-0.05, 0) is 0 Å². The lowest BCUT2D eigenvalue weighted by molar-refractivity contribution is -0.157. The van der Waals surface area contributed by atoms with Crippen LogP contribution in [0, 0.1) is 0 Å². The lowest BCUT2D eigenvalue weighted by atomic mass is 10.7. The molecule has 62 valence electrons. The minimum atomic E-state index is -6.15. The molecule has 0 unspecified atom stereocenters. The fraction of sp³-hybridized carbons (Fsp3) is 1.00. The van der Waals surface area contributed by atoms with Crippen LogP contribution in [0.15, 0.2) is 0 Å². The molecule has 0 radical (unpaired) electrons. The Labute approximate surface area is 52.9 Å². The average molecular weight is 184 g/mol. The highest BCUT2D eigenvalue weighted by molar-refractivity contribution is 7.86. The lowest BCUT2D eigenvalue weighted by Crippen LogP contribution is -2.29. The highest BCUT2D eigenvalue weighted by atomic mass is 32.3. The Balaban J connectivity index is 4.56. The highest BCUT2D eigenvalue weighted by Gasteiger charge is 2.50. The third kappa shape index (κ3) is 2.46. The summed E-state index contributed by atoms with van der Waals surface area (Å²) in [5, 5.41) is 0. The second kappa shape index (κ2) is 2.33. The first kappa shape index (κ1) is 9.60. The first-order chi connectivity index (χ1) is 4.15. The molecule has 0 aromatic carbocycles. The molecule has 10 heavy (non-hydrogen) atoms.